The summed E-state index contributed by atoms with van der Waals surface area (Å²) in [6.45, 7) is 10.7. The Kier molecular flexibility index (Phi) is 5.41. The molecule has 0 radical (unpaired) electrons. The Morgan fingerprint density at radius 3 is 2.27 bits per heavy atom. The third-order valence-electron chi connectivity index (χ3n) is 1.73. The molecular weight excluding hydrogens is 153 g/mol. The van der Waals surface area contributed by atoms with Crippen LogP contribution in [0, 0.1) is 5.92 Å². The van der Waals surface area contributed by atoms with Gasteiger partial charge in [0.2, 0.25) is 0 Å². The standard InChI is InChI=1S/C9H18NP/c1-6-10-9(11-5)8(4)7(2)3/h6-7,11H,1-5H3/b9-8-,10-6-. The highest BCUT2D eigenvalue weighted by atomic mass is 31.1. The molecule has 0 aromatic carbocycles. The van der Waals surface area contributed by atoms with Gasteiger partial charge < -0.3 is 0 Å². The summed E-state index contributed by atoms with van der Waals surface area (Å²) in [5, 5.41) is 0. The van der Waals surface area contributed by atoms with Crippen molar-refractivity contribution in [2.45, 2.75) is 27.7 Å². The number of rotatable bonds is 3. The lowest BCUT2D eigenvalue weighted by Crippen LogP contribution is -1.91. The van der Waals surface area contributed by atoms with Crippen LogP contribution in [0.3, 0.4) is 0 Å². The lowest BCUT2D eigenvalue weighted by molar-refractivity contribution is 0.763. The highest BCUT2D eigenvalue weighted by molar-refractivity contribution is 7.42. The third kappa shape index (κ3) is 3.67. The van der Waals surface area contributed by atoms with Crippen LogP contribution in [0.15, 0.2) is 16.0 Å². The van der Waals surface area contributed by atoms with Crippen molar-refractivity contribution < 1.29 is 0 Å². The maximum absolute atomic E-state index is 4.33. The minimum absolute atomic E-state index is 0.626. The molecule has 0 aromatic rings. The van der Waals surface area contributed by atoms with E-state index in [1.165, 1.54) is 11.0 Å². The predicted octanol–water partition coefficient (Wildman–Crippen LogP) is 3.27. The molecule has 0 rings (SSSR count). The monoisotopic (exact) mass is 171 g/mol. The van der Waals surface area contributed by atoms with Crippen LogP contribution >= 0.6 is 8.58 Å². The van der Waals surface area contributed by atoms with Gasteiger partial charge in [-0.3, -0.25) is 4.99 Å². The van der Waals surface area contributed by atoms with Crippen molar-refractivity contribution >= 4 is 14.8 Å². The van der Waals surface area contributed by atoms with Gasteiger partial charge in [-0.05, 0) is 32.0 Å². The zero-order valence-corrected chi connectivity index (χ0v) is 9.10. The largest absolute Gasteiger partial charge is 0.262 e. The van der Waals surface area contributed by atoms with Crippen molar-refractivity contribution in [3.63, 3.8) is 0 Å². The Balaban J connectivity index is 4.53. The fourth-order valence-electron chi connectivity index (χ4n) is 0.766. The summed E-state index contributed by atoms with van der Waals surface area (Å²) < 4.78 is 0. The van der Waals surface area contributed by atoms with Crippen molar-refractivity contribution in [3.05, 3.63) is 11.0 Å². The van der Waals surface area contributed by atoms with Gasteiger partial charge in [0.25, 0.3) is 0 Å². The van der Waals surface area contributed by atoms with E-state index in [9.17, 15) is 0 Å². The molecular formula is C9H18NP. The molecule has 0 saturated carbocycles. The van der Waals surface area contributed by atoms with Crippen LogP contribution in [0.2, 0.25) is 0 Å². The number of nitrogens with zero attached hydrogens (tertiary/aromatic N) is 1. The van der Waals surface area contributed by atoms with E-state index in [0.717, 1.165) is 8.58 Å². The Labute approximate surface area is 71.8 Å². The SMILES string of the molecule is C/C=N\C(PC)=C(/C)C(C)C. The fourth-order valence-corrected chi connectivity index (χ4v) is 1.71. The molecule has 2 heteroatoms. The third-order valence-corrected chi connectivity index (χ3v) is 2.73. The van der Waals surface area contributed by atoms with Gasteiger partial charge in [-0.25, -0.2) is 0 Å². The van der Waals surface area contributed by atoms with E-state index in [0.29, 0.717) is 5.92 Å². The summed E-state index contributed by atoms with van der Waals surface area (Å²) in [7, 11) is 0.811. The molecule has 0 fully saturated rings. The second-order valence-corrected chi connectivity index (χ2v) is 3.80. The van der Waals surface area contributed by atoms with Crippen LogP contribution in [0.1, 0.15) is 27.7 Å². The highest BCUT2D eigenvalue weighted by Gasteiger charge is 2.01. The molecule has 11 heavy (non-hydrogen) atoms. The molecule has 1 atom stereocenters. The van der Waals surface area contributed by atoms with Crippen molar-refractivity contribution in [1.82, 2.24) is 0 Å². The average Bonchev–Trinajstić information content (AvgIpc) is 1.98. The first-order chi connectivity index (χ1) is 5.13. The summed E-state index contributed by atoms with van der Waals surface area (Å²) in [5.41, 5.74) is 2.69. The normalized spacial score (nSPS) is 15.5. The van der Waals surface area contributed by atoms with Gasteiger partial charge in [0.1, 0.15) is 0 Å². The molecule has 0 heterocycles. The molecule has 0 spiro atoms. The second kappa shape index (κ2) is 5.49. The maximum atomic E-state index is 4.33. The van der Waals surface area contributed by atoms with Gasteiger partial charge in [-0.2, -0.15) is 0 Å². The molecule has 64 valence electrons. The van der Waals surface area contributed by atoms with Gasteiger partial charge in [0.15, 0.2) is 0 Å². The van der Waals surface area contributed by atoms with Gasteiger partial charge in [-0.1, -0.05) is 22.4 Å². The van der Waals surface area contributed by atoms with Crippen molar-refractivity contribution in [2.24, 2.45) is 10.9 Å². The summed E-state index contributed by atoms with van der Waals surface area (Å²) in [6.07, 6.45) is 1.87. The van der Waals surface area contributed by atoms with Crippen LogP contribution in [0.25, 0.3) is 0 Å². The first-order valence-corrected chi connectivity index (χ1v) is 5.50. The van der Waals surface area contributed by atoms with E-state index < -0.39 is 0 Å². The Morgan fingerprint density at radius 1 is 1.45 bits per heavy atom. The summed E-state index contributed by atoms with van der Waals surface area (Å²) in [5.74, 6) is 0.626. The van der Waals surface area contributed by atoms with Crippen LogP contribution in [0.4, 0.5) is 0 Å². The summed E-state index contributed by atoms with van der Waals surface area (Å²) in [4.78, 5) is 4.33. The molecule has 1 unspecified atom stereocenters. The quantitative estimate of drug-likeness (QED) is 0.456. The molecule has 0 saturated heterocycles. The van der Waals surface area contributed by atoms with Crippen LogP contribution in [-0.4, -0.2) is 12.9 Å². The van der Waals surface area contributed by atoms with Crippen LogP contribution in [-0.2, 0) is 0 Å². The van der Waals surface area contributed by atoms with E-state index >= 15 is 0 Å². The molecule has 0 N–H and O–H groups in total. The average molecular weight is 171 g/mol. The van der Waals surface area contributed by atoms with Gasteiger partial charge >= 0.3 is 0 Å². The van der Waals surface area contributed by atoms with E-state index in [4.69, 9.17) is 0 Å². The highest BCUT2D eigenvalue weighted by Crippen LogP contribution is 2.27. The molecule has 0 bridgehead atoms. The van der Waals surface area contributed by atoms with Gasteiger partial charge in [0.05, 0.1) is 5.44 Å². The Morgan fingerprint density at radius 2 is 2.00 bits per heavy atom. The fraction of sp³-hybridized carbons (Fsp3) is 0.667. The molecule has 0 amide bonds. The minimum atomic E-state index is 0.626. The van der Waals surface area contributed by atoms with Gasteiger partial charge in [0, 0.05) is 6.21 Å². The first kappa shape index (κ1) is 10.8. The van der Waals surface area contributed by atoms with Crippen LogP contribution in [0.5, 0.6) is 0 Å². The van der Waals surface area contributed by atoms with Gasteiger partial charge in [-0.15, -0.1) is 0 Å². The molecule has 0 aliphatic rings. The smallest absolute Gasteiger partial charge is 0.0585 e. The molecule has 0 aromatic heterocycles. The zero-order chi connectivity index (χ0) is 8.85. The van der Waals surface area contributed by atoms with Crippen molar-refractivity contribution in [1.29, 1.82) is 0 Å². The second-order valence-electron chi connectivity index (χ2n) is 2.82. The minimum Gasteiger partial charge on any atom is -0.262 e. The summed E-state index contributed by atoms with van der Waals surface area (Å²) in [6, 6.07) is 0. The van der Waals surface area contributed by atoms with E-state index in [1.54, 1.807) is 0 Å². The Bertz CT molecular complexity index is 168. The maximum Gasteiger partial charge on any atom is 0.0585 e. The molecule has 0 aliphatic heterocycles. The van der Waals surface area contributed by atoms with Crippen molar-refractivity contribution in [2.75, 3.05) is 6.66 Å². The lowest BCUT2D eigenvalue weighted by Gasteiger charge is -2.08. The lowest BCUT2D eigenvalue weighted by atomic mass is 10.1. The topological polar surface area (TPSA) is 12.4 Å². The van der Waals surface area contributed by atoms with Crippen LogP contribution < -0.4 is 0 Å². The number of allylic oxidation sites excluding steroid dienone is 1. The first-order valence-electron chi connectivity index (χ1n) is 4.00. The van der Waals surface area contributed by atoms with E-state index in [-0.39, 0.29) is 0 Å². The number of aliphatic imine (C=N–C) groups is 1. The molecule has 0 aliphatic carbocycles. The van der Waals surface area contributed by atoms with Crippen molar-refractivity contribution in [3.8, 4) is 0 Å². The number of hydrogen-bond donors (Lipinski definition) is 0. The summed E-state index contributed by atoms with van der Waals surface area (Å²) >= 11 is 0. The zero-order valence-electron chi connectivity index (χ0n) is 8.10. The molecule has 1 nitrogen and oxygen atoms in total. The predicted molar refractivity (Wildman–Crippen MR) is 55.9 cm³/mol. The van der Waals surface area contributed by atoms with E-state index in [2.05, 4.69) is 32.4 Å². The Hall–Kier alpha value is -0.160. The number of hydrogen-bond acceptors (Lipinski definition) is 1. The van der Waals surface area contributed by atoms with E-state index in [1.807, 2.05) is 13.1 Å².